The zero-order valence-corrected chi connectivity index (χ0v) is 13.3. The van der Waals surface area contributed by atoms with Crippen LogP contribution in [-0.4, -0.2) is 55.7 Å². The van der Waals surface area contributed by atoms with E-state index in [-0.39, 0.29) is 0 Å². The number of hydrogen-bond donors (Lipinski definition) is 1. The Kier molecular flexibility index (Phi) is 5.65. The van der Waals surface area contributed by atoms with Crippen molar-refractivity contribution in [3.63, 3.8) is 0 Å². The largest absolute Gasteiger partial charge is 0.401 e. The third-order valence-corrected chi connectivity index (χ3v) is 4.78. The fourth-order valence-corrected chi connectivity index (χ4v) is 3.67. The van der Waals surface area contributed by atoms with Crippen LogP contribution in [0, 0.1) is 6.92 Å². The molecule has 1 aliphatic rings. The molecule has 120 valence electrons. The van der Waals surface area contributed by atoms with Gasteiger partial charge in [0, 0.05) is 49.0 Å². The molecule has 0 bridgehead atoms. The highest BCUT2D eigenvalue weighted by Crippen LogP contribution is 2.24. The number of halogens is 3. The van der Waals surface area contributed by atoms with E-state index in [9.17, 15) is 13.2 Å². The molecule has 3 nitrogen and oxygen atoms in total. The number of hydrogen-bond acceptors (Lipinski definition) is 4. The van der Waals surface area contributed by atoms with Crippen molar-refractivity contribution in [3.8, 4) is 0 Å². The molecule has 2 rings (SSSR count). The van der Waals surface area contributed by atoms with Gasteiger partial charge in [0.2, 0.25) is 0 Å². The predicted molar refractivity (Wildman–Crippen MR) is 79.6 cm³/mol. The van der Waals surface area contributed by atoms with Crippen LogP contribution < -0.4 is 5.32 Å². The zero-order valence-electron chi connectivity index (χ0n) is 12.5. The van der Waals surface area contributed by atoms with Gasteiger partial charge >= 0.3 is 6.18 Å². The third kappa shape index (κ3) is 5.25. The third-order valence-electron chi connectivity index (χ3n) is 3.68. The summed E-state index contributed by atoms with van der Waals surface area (Å²) in [6, 6.07) is 2.21. The maximum atomic E-state index is 12.4. The van der Waals surface area contributed by atoms with Crippen LogP contribution in [0.15, 0.2) is 6.07 Å². The summed E-state index contributed by atoms with van der Waals surface area (Å²) >= 11 is 1.79. The number of nitrogens with zero attached hydrogens (tertiary/aromatic N) is 2. The van der Waals surface area contributed by atoms with E-state index in [2.05, 4.69) is 23.2 Å². The minimum absolute atomic E-state index is 0.492. The summed E-state index contributed by atoms with van der Waals surface area (Å²) in [5.74, 6) is 0. The summed E-state index contributed by atoms with van der Waals surface area (Å²) in [6.07, 6.45) is -4.09. The summed E-state index contributed by atoms with van der Waals surface area (Å²) in [7, 11) is 1.93. The second-order valence-corrected chi connectivity index (χ2v) is 6.83. The Bertz CT molecular complexity index is 451. The molecule has 0 spiro atoms. The van der Waals surface area contributed by atoms with E-state index < -0.39 is 12.7 Å². The van der Waals surface area contributed by atoms with Gasteiger partial charge in [-0.15, -0.1) is 11.3 Å². The smallest absolute Gasteiger partial charge is 0.315 e. The molecule has 0 atom stereocenters. The fraction of sp³-hybridized carbons (Fsp3) is 0.714. The number of aryl methyl sites for hydroxylation is 1. The lowest BCUT2D eigenvalue weighted by atomic mass is 10.2. The lowest BCUT2D eigenvalue weighted by Gasteiger charge is -2.34. The minimum atomic E-state index is -4.09. The molecule has 0 saturated carbocycles. The molecule has 1 fully saturated rings. The average molecular weight is 321 g/mol. The van der Waals surface area contributed by atoms with Crippen molar-refractivity contribution in [2.75, 3.05) is 39.8 Å². The molecule has 21 heavy (non-hydrogen) atoms. The quantitative estimate of drug-likeness (QED) is 0.899. The van der Waals surface area contributed by atoms with Gasteiger partial charge in [-0.25, -0.2) is 0 Å². The molecule has 2 heterocycles. The predicted octanol–water partition coefficient (Wildman–Crippen LogP) is 2.46. The second kappa shape index (κ2) is 7.09. The van der Waals surface area contributed by atoms with Gasteiger partial charge in [0.15, 0.2) is 0 Å². The minimum Gasteiger partial charge on any atom is -0.315 e. The van der Waals surface area contributed by atoms with Crippen LogP contribution in [0.4, 0.5) is 13.2 Å². The van der Waals surface area contributed by atoms with Gasteiger partial charge in [-0.05, 0) is 25.6 Å². The SMILES string of the molecule is CNCc1cc(CN2CCN(CC(F)(F)F)CC2)c(C)s1. The van der Waals surface area contributed by atoms with Crippen LogP contribution in [0.2, 0.25) is 0 Å². The zero-order chi connectivity index (χ0) is 15.5. The van der Waals surface area contributed by atoms with Gasteiger partial charge in [-0.1, -0.05) is 0 Å². The Balaban J connectivity index is 1.83. The number of piperazine rings is 1. The van der Waals surface area contributed by atoms with E-state index >= 15 is 0 Å². The molecular weight excluding hydrogens is 299 g/mol. The highest BCUT2D eigenvalue weighted by Gasteiger charge is 2.32. The van der Waals surface area contributed by atoms with Crippen LogP contribution in [0.1, 0.15) is 15.3 Å². The van der Waals surface area contributed by atoms with Crippen molar-refractivity contribution in [2.45, 2.75) is 26.2 Å². The summed E-state index contributed by atoms with van der Waals surface area (Å²) in [5.41, 5.74) is 1.30. The highest BCUT2D eigenvalue weighted by atomic mass is 32.1. The Morgan fingerprint density at radius 2 is 1.81 bits per heavy atom. The molecule has 0 radical (unpaired) electrons. The lowest BCUT2D eigenvalue weighted by molar-refractivity contribution is -0.149. The van der Waals surface area contributed by atoms with Crippen molar-refractivity contribution in [2.24, 2.45) is 0 Å². The Morgan fingerprint density at radius 1 is 1.19 bits per heavy atom. The van der Waals surface area contributed by atoms with E-state index in [1.54, 1.807) is 11.3 Å². The lowest BCUT2D eigenvalue weighted by Crippen LogP contribution is -2.48. The topological polar surface area (TPSA) is 18.5 Å². The second-order valence-electron chi connectivity index (χ2n) is 5.49. The van der Waals surface area contributed by atoms with Gasteiger partial charge in [0.25, 0.3) is 0 Å². The van der Waals surface area contributed by atoms with E-state index in [4.69, 9.17) is 0 Å². The molecule has 1 aromatic heterocycles. The summed E-state index contributed by atoms with van der Waals surface area (Å²) in [5, 5.41) is 3.14. The van der Waals surface area contributed by atoms with E-state index in [1.165, 1.54) is 20.2 Å². The van der Waals surface area contributed by atoms with E-state index in [1.807, 2.05) is 7.05 Å². The highest BCUT2D eigenvalue weighted by molar-refractivity contribution is 7.12. The van der Waals surface area contributed by atoms with Crippen LogP contribution in [-0.2, 0) is 13.1 Å². The average Bonchev–Trinajstić information content (AvgIpc) is 2.71. The van der Waals surface area contributed by atoms with Crippen LogP contribution in [0.25, 0.3) is 0 Å². The number of thiophene rings is 1. The molecule has 1 aliphatic heterocycles. The molecule has 1 aromatic rings. The first-order valence-electron chi connectivity index (χ1n) is 7.11. The molecule has 0 amide bonds. The monoisotopic (exact) mass is 321 g/mol. The first-order valence-corrected chi connectivity index (χ1v) is 7.93. The van der Waals surface area contributed by atoms with Gasteiger partial charge in [0.05, 0.1) is 6.54 Å². The molecule has 1 saturated heterocycles. The van der Waals surface area contributed by atoms with Crippen LogP contribution >= 0.6 is 11.3 Å². The van der Waals surface area contributed by atoms with E-state index in [0.717, 1.165) is 13.1 Å². The molecule has 1 N–H and O–H groups in total. The van der Waals surface area contributed by atoms with Crippen molar-refractivity contribution < 1.29 is 13.2 Å². The maximum Gasteiger partial charge on any atom is 0.401 e. The molecule has 0 unspecified atom stereocenters. The number of rotatable bonds is 5. The van der Waals surface area contributed by atoms with Gasteiger partial charge in [0.1, 0.15) is 0 Å². The van der Waals surface area contributed by atoms with Gasteiger partial charge in [-0.2, -0.15) is 13.2 Å². The van der Waals surface area contributed by atoms with Crippen molar-refractivity contribution in [1.29, 1.82) is 0 Å². The standard InChI is InChI=1S/C14H22F3N3S/c1-11-12(7-13(21-11)8-18-2)9-19-3-5-20(6-4-19)10-14(15,16)17/h7,18H,3-6,8-10H2,1-2H3. The fourth-order valence-electron chi connectivity index (χ4n) is 2.61. The van der Waals surface area contributed by atoms with Gasteiger partial charge in [-0.3, -0.25) is 9.80 Å². The summed E-state index contributed by atoms with van der Waals surface area (Å²) in [4.78, 5) is 6.34. The van der Waals surface area contributed by atoms with Gasteiger partial charge < -0.3 is 5.32 Å². The Labute approximate surface area is 127 Å². The summed E-state index contributed by atoms with van der Waals surface area (Å²) in [6.45, 7) is 5.41. The maximum absolute atomic E-state index is 12.4. The Hall–Kier alpha value is -0.630. The van der Waals surface area contributed by atoms with Crippen LogP contribution in [0.3, 0.4) is 0 Å². The normalized spacial score (nSPS) is 18.3. The number of nitrogens with one attached hydrogen (secondary N) is 1. The molecule has 0 aromatic carbocycles. The number of alkyl halides is 3. The summed E-state index contributed by atoms with van der Waals surface area (Å²) < 4.78 is 37.1. The molecule has 7 heteroatoms. The first-order chi connectivity index (χ1) is 9.87. The van der Waals surface area contributed by atoms with E-state index in [0.29, 0.717) is 26.2 Å². The van der Waals surface area contributed by atoms with Crippen molar-refractivity contribution >= 4 is 11.3 Å². The molecule has 0 aliphatic carbocycles. The van der Waals surface area contributed by atoms with Crippen molar-refractivity contribution in [1.82, 2.24) is 15.1 Å². The van der Waals surface area contributed by atoms with Crippen molar-refractivity contribution in [3.05, 3.63) is 21.4 Å². The first kappa shape index (κ1) is 16.7. The molecular formula is C14H22F3N3S. The Morgan fingerprint density at radius 3 is 2.38 bits per heavy atom. The van der Waals surface area contributed by atoms with Crippen LogP contribution in [0.5, 0.6) is 0 Å².